The fourth-order valence-electron chi connectivity index (χ4n) is 2.60. The maximum Gasteiger partial charge on any atom is 0.341 e. The van der Waals surface area contributed by atoms with Crippen LogP contribution in [0.15, 0.2) is 27.9 Å². The highest BCUT2D eigenvalue weighted by Gasteiger charge is 2.33. The van der Waals surface area contributed by atoms with E-state index in [1.165, 1.54) is 7.11 Å². The first-order valence-electron chi connectivity index (χ1n) is 7.95. The van der Waals surface area contributed by atoms with Crippen molar-refractivity contribution in [2.24, 2.45) is 0 Å². The predicted molar refractivity (Wildman–Crippen MR) is 97.6 cm³/mol. The van der Waals surface area contributed by atoms with E-state index in [-0.39, 0.29) is 23.7 Å². The van der Waals surface area contributed by atoms with E-state index in [4.69, 9.17) is 19.3 Å². The van der Waals surface area contributed by atoms with E-state index in [2.05, 4.69) is 26.6 Å². The predicted octanol–water partition coefficient (Wildman–Crippen LogP) is 2.11. The average Bonchev–Trinajstić information content (AvgIpc) is 2.59. The van der Waals surface area contributed by atoms with Gasteiger partial charge in [-0.1, -0.05) is 0 Å². The van der Waals surface area contributed by atoms with Crippen molar-refractivity contribution in [2.75, 3.05) is 20.3 Å². The normalized spacial score (nSPS) is 16.3. The first kappa shape index (κ1) is 20.6. The van der Waals surface area contributed by atoms with Gasteiger partial charge in [0.2, 0.25) is 0 Å². The zero-order valence-electron chi connectivity index (χ0n) is 14.9. The number of amides is 2. The molecule has 1 aromatic rings. The molecule has 9 nitrogen and oxygen atoms in total. The van der Waals surface area contributed by atoms with Gasteiger partial charge in [0.15, 0.2) is 18.1 Å². The van der Waals surface area contributed by atoms with Crippen LogP contribution in [-0.4, -0.2) is 43.4 Å². The van der Waals surface area contributed by atoms with Gasteiger partial charge >= 0.3 is 18.0 Å². The quantitative estimate of drug-likeness (QED) is 0.552. The molecule has 1 aliphatic heterocycles. The fourth-order valence-corrected chi connectivity index (χ4v) is 3.18. The Kier molecular flexibility index (Phi) is 6.67. The lowest BCUT2D eigenvalue weighted by atomic mass is 9.95. The molecule has 0 bridgehead atoms. The molecule has 0 spiro atoms. The zero-order chi connectivity index (χ0) is 20.1. The number of halogens is 1. The molecule has 0 saturated heterocycles. The van der Waals surface area contributed by atoms with E-state index < -0.39 is 30.6 Å². The number of hydrogen-bond acceptors (Lipinski definition) is 6. The van der Waals surface area contributed by atoms with E-state index in [1.807, 2.05) is 0 Å². The van der Waals surface area contributed by atoms with Gasteiger partial charge in [-0.25, -0.2) is 14.4 Å². The summed E-state index contributed by atoms with van der Waals surface area (Å²) >= 11 is 3.31. The van der Waals surface area contributed by atoms with Crippen molar-refractivity contribution >= 4 is 33.9 Å². The molecule has 10 heteroatoms. The molecule has 0 fully saturated rings. The lowest BCUT2D eigenvalue weighted by Gasteiger charge is -2.28. The van der Waals surface area contributed by atoms with Crippen molar-refractivity contribution in [3.63, 3.8) is 0 Å². The number of carboxylic acids is 1. The maximum absolute atomic E-state index is 12.4. The minimum absolute atomic E-state index is 0.186. The Bertz CT molecular complexity index is 807. The van der Waals surface area contributed by atoms with Gasteiger partial charge in [0.05, 0.1) is 29.8 Å². The largest absolute Gasteiger partial charge is 0.493 e. The summed E-state index contributed by atoms with van der Waals surface area (Å²) < 4.78 is 16.0. The van der Waals surface area contributed by atoms with Crippen molar-refractivity contribution in [2.45, 2.75) is 19.9 Å². The van der Waals surface area contributed by atoms with Gasteiger partial charge in [0.1, 0.15) is 0 Å². The molecule has 0 saturated carbocycles. The Morgan fingerprint density at radius 3 is 2.63 bits per heavy atom. The number of carboxylic acid groups (broad SMARTS) is 1. The van der Waals surface area contributed by atoms with Gasteiger partial charge in [-0.05, 0) is 47.5 Å². The summed E-state index contributed by atoms with van der Waals surface area (Å²) in [6.45, 7) is 2.93. The third-order valence-corrected chi connectivity index (χ3v) is 4.28. The summed E-state index contributed by atoms with van der Waals surface area (Å²) in [6.07, 6.45) is 0. The van der Waals surface area contributed by atoms with Crippen molar-refractivity contribution in [1.29, 1.82) is 0 Å². The molecule has 1 aliphatic rings. The van der Waals surface area contributed by atoms with Gasteiger partial charge in [-0.3, -0.25) is 0 Å². The number of benzene rings is 1. The van der Waals surface area contributed by atoms with E-state index >= 15 is 0 Å². The second kappa shape index (κ2) is 8.76. The number of carbonyl (C=O) groups excluding carboxylic acids is 2. The molecule has 0 aliphatic carbocycles. The number of allylic oxidation sites excluding steroid dienone is 1. The molecule has 0 aromatic heterocycles. The SMILES string of the molecule is CCOC(=O)C1=C(C)NC(=O)NC1c1cc(Br)c(OCC(=O)O)c(OC)c1. The number of ether oxygens (including phenoxy) is 3. The number of nitrogens with one attached hydrogen (secondary N) is 2. The second-order valence-corrected chi connectivity index (χ2v) is 6.36. The van der Waals surface area contributed by atoms with Gasteiger partial charge in [-0.15, -0.1) is 0 Å². The van der Waals surface area contributed by atoms with Crippen LogP contribution >= 0.6 is 15.9 Å². The molecule has 0 radical (unpaired) electrons. The summed E-state index contributed by atoms with van der Waals surface area (Å²) in [5.41, 5.74) is 1.16. The Morgan fingerprint density at radius 2 is 2.04 bits per heavy atom. The molecule has 3 N–H and O–H groups in total. The highest BCUT2D eigenvalue weighted by molar-refractivity contribution is 9.10. The minimum Gasteiger partial charge on any atom is -0.493 e. The van der Waals surface area contributed by atoms with Crippen LogP contribution in [-0.2, 0) is 14.3 Å². The monoisotopic (exact) mass is 442 g/mol. The third kappa shape index (κ3) is 4.70. The Labute approximate surface area is 163 Å². The summed E-state index contributed by atoms with van der Waals surface area (Å²) in [5.74, 6) is -1.26. The van der Waals surface area contributed by atoms with Crippen molar-refractivity contribution in [1.82, 2.24) is 10.6 Å². The Morgan fingerprint density at radius 1 is 1.33 bits per heavy atom. The molecule has 2 rings (SSSR count). The molecule has 1 unspecified atom stereocenters. The van der Waals surface area contributed by atoms with Crippen molar-refractivity contribution in [3.05, 3.63) is 33.4 Å². The number of methoxy groups -OCH3 is 1. The highest BCUT2D eigenvalue weighted by atomic mass is 79.9. The lowest BCUT2D eigenvalue weighted by Crippen LogP contribution is -2.45. The van der Waals surface area contributed by atoms with E-state index in [0.29, 0.717) is 15.7 Å². The van der Waals surface area contributed by atoms with E-state index in [0.717, 1.165) is 0 Å². The van der Waals surface area contributed by atoms with Gasteiger partial charge in [0.25, 0.3) is 0 Å². The second-order valence-electron chi connectivity index (χ2n) is 5.51. The zero-order valence-corrected chi connectivity index (χ0v) is 16.5. The van der Waals surface area contributed by atoms with Crippen molar-refractivity contribution in [3.8, 4) is 11.5 Å². The number of carbonyl (C=O) groups is 3. The molecule has 1 heterocycles. The van der Waals surface area contributed by atoms with Gasteiger partial charge in [0, 0.05) is 5.70 Å². The Balaban J connectivity index is 2.49. The van der Waals surface area contributed by atoms with Crippen molar-refractivity contribution < 1.29 is 33.7 Å². The molecular weight excluding hydrogens is 424 g/mol. The molecule has 27 heavy (non-hydrogen) atoms. The summed E-state index contributed by atoms with van der Waals surface area (Å²) in [7, 11) is 1.40. The minimum atomic E-state index is -1.14. The number of urea groups is 1. The van der Waals surface area contributed by atoms with E-state index in [9.17, 15) is 14.4 Å². The molecule has 146 valence electrons. The third-order valence-electron chi connectivity index (χ3n) is 3.69. The van der Waals surface area contributed by atoms with Crippen LogP contribution in [0.5, 0.6) is 11.5 Å². The summed E-state index contributed by atoms with van der Waals surface area (Å²) in [4.78, 5) is 35.1. The van der Waals surface area contributed by atoms with Crippen LogP contribution in [0.3, 0.4) is 0 Å². The van der Waals surface area contributed by atoms with Crippen LogP contribution in [0.4, 0.5) is 4.79 Å². The standard InChI is InChI=1S/C17H19BrN2O7/c1-4-26-16(23)13-8(2)19-17(24)20-14(13)9-5-10(18)15(11(6-9)25-3)27-7-12(21)22/h5-6,14H,4,7H2,1-3H3,(H,21,22)(H2,19,20,24). The Hall–Kier alpha value is -2.75. The van der Waals surface area contributed by atoms with Crippen LogP contribution < -0.4 is 20.1 Å². The number of hydrogen-bond donors (Lipinski definition) is 3. The van der Waals surface area contributed by atoms with Gasteiger partial charge in [-0.2, -0.15) is 0 Å². The molecular formula is C17H19BrN2O7. The fraction of sp³-hybridized carbons (Fsp3) is 0.353. The molecule has 1 aromatic carbocycles. The van der Waals surface area contributed by atoms with Crippen LogP contribution in [0.2, 0.25) is 0 Å². The summed E-state index contributed by atoms with van der Waals surface area (Å²) in [6, 6.07) is 1.93. The first-order chi connectivity index (χ1) is 12.8. The lowest BCUT2D eigenvalue weighted by molar-refractivity contribution is -0.140. The molecule has 2 amide bonds. The number of esters is 1. The van der Waals surface area contributed by atoms with E-state index in [1.54, 1.807) is 26.0 Å². The van der Waals surface area contributed by atoms with Crippen LogP contribution in [0.1, 0.15) is 25.5 Å². The first-order valence-corrected chi connectivity index (χ1v) is 8.75. The highest BCUT2D eigenvalue weighted by Crippen LogP contribution is 2.40. The van der Waals surface area contributed by atoms with Gasteiger partial charge < -0.3 is 30.0 Å². The summed E-state index contributed by atoms with van der Waals surface area (Å²) in [5, 5.41) is 14.0. The average molecular weight is 443 g/mol. The number of aliphatic carboxylic acids is 1. The molecule has 1 atom stereocenters. The van der Waals surface area contributed by atoms with Crippen LogP contribution in [0.25, 0.3) is 0 Å². The number of rotatable bonds is 7. The smallest absolute Gasteiger partial charge is 0.341 e. The van der Waals surface area contributed by atoms with Crippen LogP contribution in [0, 0.1) is 0 Å². The topological polar surface area (TPSA) is 123 Å². The maximum atomic E-state index is 12.4.